The Morgan fingerprint density at radius 3 is 2.79 bits per heavy atom. The average molecular weight is 442 g/mol. The molecule has 33 heavy (non-hydrogen) atoms. The number of nitrogens with zero attached hydrogens (tertiary/aromatic N) is 6. The summed E-state index contributed by atoms with van der Waals surface area (Å²) in [6.07, 6.45) is 8.66. The Labute approximate surface area is 188 Å². The van der Waals surface area contributed by atoms with Crippen molar-refractivity contribution in [1.29, 1.82) is 5.26 Å². The molecule has 1 aromatic carbocycles. The number of nitriles is 1. The minimum Gasteiger partial charge on any atom is -0.382 e. The third kappa shape index (κ3) is 3.70. The van der Waals surface area contributed by atoms with E-state index in [0.717, 1.165) is 30.3 Å². The van der Waals surface area contributed by atoms with Gasteiger partial charge in [-0.15, -0.1) is 0 Å². The summed E-state index contributed by atoms with van der Waals surface area (Å²) in [5.41, 5.74) is 8.60. The highest BCUT2D eigenvalue weighted by Crippen LogP contribution is 2.35. The summed E-state index contributed by atoms with van der Waals surface area (Å²) in [6, 6.07) is 9.05. The van der Waals surface area contributed by atoms with Crippen LogP contribution in [0.2, 0.25) is 0 Å². The van der Waals surface area contributed by atoms with Crippen LogP contribution in [-0.2, 0) is 0 Å². The summed E-state index contributed by atoms with van der Waals surface area (Å²) < 4.78 is 15.2. The fourth-order valence-electron chi connectivity index (χ4n) is 4.12. The molecule has 3 aromatic heterocycles. The van der Waals surface area contributed by atoms with Crippen molar-refractivity contribution in [2.45, 2.75) is 18.9 Å². The van der Waals surface area contributed by atoms with E-state index >= 15 is 0 Å². The molecule has 3 N–H and O–H groups in total. The molecule has 5 rings (SSSR count). The van der Waals surface area contributed by atoms with E-state index in [1.54, 1.807) is 41.6 Å². The number of aromatic nitrogens is 4. The number of hydrogen-bond donors (Lipinski definition) is 2. The largest absolute Gasteiger partial charge is 0.382 e. The number of benzene rings is 1. The van der Waals surface area contributed by atoms with Crippen LogP contribution in [-0.4, -0.2) is 36.7 Å². The Morgan fingerprint density at radius 2 is 2.03 bits per heavy atom. The molecular formula is C23H19FN8O. The van der Waals surface area contributed by atoms with Gasteiger partial charge in [-0.25, -0.2) is 19.3 Å². The lowest BCUT2D eigenvalue weighted by atomic mass is 10.1. The Hall–Kier alpha value is -4.52. The molecule has 0 saturated carbocycles. The van der Waals surface area contributed by atoms with Gasteiger partial charge in [0.05, 0.1) is 6.04 Å². The summed E-state index contributed by atoms with van der Waals surface area (Å²) >= 11 is 0. The molecule has 1 aliphatic rings. The molecule has 1 amide bonds. The topological polar surface area (TPSA) is 125 Å². The van der Waals surface area contributed by atoms with E-state index in [1.165, 1.54) is 12.3 Å². The van der Waals surface area contributed by atoms with Crippen molar-refractivity contribution < 1.29 is 9.18 Å². The minimum atomic E-state index is -0.485. The molecule has 0 spiro atoms. The van der Waals surface area contributed by atoms with Gasteiger partial charge in [0, 0.05) is 42.3 Å². The zero-order valence-electron chi connectivity index (χ0n) is 17.4. The van der Waals surface area contributed by atoms with E-state index in [9.17, 15) is 14.4 Å². The number of carbonyl (C=O) groups excluding carboxylic acids is 1. The highest BCUT2D eigenvalue weighted by Gasteiger charge is 2.30. The highest BCUT2D eigenvalue weighted by atomic mass is 19.1. The number of rotatable bonds is 4. The van der Waals surface area contributed by atoms with Crippen LogP contribution in [0.3, 0.4) is 0 Å². The van der Waals surface area contributed by atoms with Crippen molar-refractivity contribution in [1.82, 2.24) is 24.3 Å². The van der Waals surface area contributed by atoms with E-state index in [0.29, 0.717) is 29.1 Å². The zero-order valence-corrected chi connectivity index (χ0v) is 17.4. The van der Waals surface area contributed by atoms with Crippen molar-refractivity contribution >= 4 is 23.1 Å². The van der Waals surface area contributed by atoms with E-state index in [-0.39, 0.29) is 11.9 Å². The van der Waals surface area contributed by atoms with Crippen molar-refractivity contribution in [3.63, 3.8) is 0 Å². The number of nitrogens with two attached hydrogens (primary N) is 1. The van der Waals surface area contributed by atoms with Gasteiger partial charge in [0.1, 0.15) is 34.5 Å². The van der Waals surface area contributed by atoms with Gasteiger partial charge in [0.15, 0.2) is 6.19 Å². The molecule has 4 heterocycles. The third-order valence-corrected chi connectivity index (χ3v) is 5.67. The SMILES string of the molecule is N#CN1CCC[C@H]1c1nc(-c2ccc(C(=O)Nc3cc(F)ccn3)cc2)c2c(N)nccn12. The van der Waals surface area contributed by atoms with E-state index in [1.807, 2.05) is 4.40 Å². The second-order valence-corrected chi connectivity index (χ2v) is 7.69. The van der Waals surface area contributed by atoms with Gasteiger partial charge >= 0.3 is 0 Å². The number of hydrogen-bond acceptors (Lipinski definition) is 7. The number of carbonyl (C=O) groups is 1. The Kier molecular flexibility index (Phi) is 5.06. The summed E-state index contributed by atoms with van der Waals surface area (Å²) in [5, 5.41) is 12.1. The molecule has 4 aromatic rings. The molecule has 164 valence electrons. The Balaban J connectivity index is 1.49. The number of amides is 1. The van der Waals surface area contributed by atoms with Crippen LogP contribution in [0.25, 0.3) is 16.8 Å². The van der Waals surface area contributed by atoms with Gasteiger partial charge in [-0.2, -0.15) is 5.26 Å². The van der Waals surface area contributed by atoms with E-state index < -0.39 is 11.7 Å². The first-order valence-electron chi connectivity index (χ1n) is 10.4. The Bertz CT molecular complexity index is 1390. The van der Waals surface area contributed by atoms with Crippen LogP contribution >= 0.6 is 0 Å². The lowest BCUT2D eigenvalue weighted by Gasteiger charge is -2.16. The fraction of sp³-hybridized carbons (Fsp3) is 0.174. The summed E-state index contributed by atoms with van der Waals surface area (Å²) in [5.74, 6) is 0.290. The molecule has 1 aliphatic heterocycles. The quantitative estimate of drug-likeness (QED) is 0.464. The number of anilines is 2. The van der Waals surface area contributed by atoms with Crippen molar-refractivity contribution in [2.24, 2.45) is 0 Å². The van der Waals surface area contributed by atoms with Gasteiger partial charge in [-0.05, 0) is 31.0 Å². The van der Waals surface area contributed by atoms with Crippen LogP contribution in [0.4, 0.5) is 16.0 Å². The third-order valence-electron chi connectivity index (χ3n) is 5.67. The zero-order chi connectivity index (χ0) is 22.9. The molecule has 0 unspecified atom stereocenters. The predicted molar refractivity (Wildman–Crippen MR) is 119 cm³/mol. The van der Waals surface area contributed by atoms with Crippen molar-refractivity contribution in [3.8, 4) is 17.5 Å². The summed E-state index contributed by atoms with van der Waals surface area (Å²) in [6.45, 7) is 0.690. The van der Waals surface area contributed by atoms with Gasteiger partial charge in [-0.3, -0.25) is 14.1 Å². The summed E-state index contributed by atoms with van der Waals surface area (Å²) in [7, 11) is 0. The van der Waals surface area contributed by atoms with E-state index in [4.69, 9.17) is 10.7 Å². The number of likely N-dealkylation sites (tertiary alicyclic amines) is 1. The molecular weight excluding hydrogens is 423 g/mol. The molecule has 1 atom stereocenters. The number of nitrogens with one attached hydrogen (secondary N) is 1. The van der Waals surface area contributed by atoms with Crippen LogP contribution in [0, 0.1) is 17.3 Å². The average Bonchev–Trinajstić information content (AvgIpc) is 3.44. The van der Waals surface area contributed by atoms with Gasteiger partial charge in [0.25, 0.3) is 5.91 Å². The van der Waals surface area contributed by atoms with Crippen LogP contribution in [0.15, 0.2) is 55.0 Å². The van der Waals surface area contributed by atoms with Crippen LogP contribution < -0.4 is 11.1 Å². The van der Waals surface area contributed by atoms with Crippen LogP contribution in [0.1, 0.15) is 35.1 Å². The number of fused-ring (bicyclic) bond motifs is 1. The monoisotopic (exact) mass is 442 g/mol. The molecule has 1 saturated heterocycles. The maximum atomic E-state index is 13.3. The standard InChI is InChI=1S/C23H19FN8O/c24-16-7-8-27-18(12-16)29-23(33)15-5-3-14(4-6-15)19-20-21(26)28-9-11-32(20)22(30-19)17-2-1-10-31(17)13-25/h3-9,11-12,17H,1-2,10H2,(H2,26,28)(H,27,29,33)/t17-/m0/s1. The number of pyridine rings is 1. The number of halogens is 1. The molecule has 0 aliphatic carbocycles. The predicted octanol–water partition coefficient (Wildman–Crippen LogP) is 3.38. The van der Waals surface area contributed by atoms with Crippen molar-refractivity contribution in [3.05, 3.63) is 72.2 Å². The van der Waals surface area contributed by atoms with E-state index in [2.05, 4.69) is 21.5 Å². The molecule has 10 heteroatoms. The molecule has 1 fully saturated rings. The highest BCUT2D eigenvalue weighted by molar-refractivity contribution is 6.04. The smallest absolute Gasteiger partial charge is 0.256 e. The molecule has 0 bridgehead atoms. The maximum Gasteiger partial charge on any atom is 0.256 e. The normalized spacial score (nSPS) is 15.5. The fourth-order valence-corrected chi connectivity index (χ4v) is 4.12. The first-order chi connectivity index (χ1) is 16.0. The minimum absolute atomic E-state index is 0.131. The molecule has 9 nitrogen and oxygen atoms in total. The first-order valence-corrected chi connectivity index (χ1v) is 10.4. The second kappa shape index (κ2) is 8.20. The Morgan fingerprint density at radius 1 is 1.21 bits per heavy atom. The second-order valence-electron chi connectivity index (χ2n) is 7.69. The number of imidazole rings is 1. The number of nitrogen functional groups attached to an aromatic ring is 1. The van der Waals surface area contributed by atoms with Gasteiger partial charge in [-0.1, -0.05) is 12.1 Å². The lowest BCUT2D eigenvalue weighted by molar-refractivity contribution is 0.102. The van der Waals surface area contributed by atoms with Gasteiger partial charge < -0.3 is 11.1 Å². The van der Waals surface area contributed by atoms with Crippen LogP contribution in [0.5, 0.6) is 0 Å². The van der Waals surface area contributed by atoms with Gasteiger partial charge in [0.2, 0.25) is 0 Å². The molecule has 0 radical (unpaired) electrons. The first kappa shape index (κ1) is 20.4. The lowest BCUT2D eigenvalue weighted by Crippen LogP contribution is -2.19. The maximum absolute atomic E-state index is 13.3. The van der Waals surface area contributed by atoms with Crippen molar-refractivity contribution in [2.75, 3.05) is 17.6 Å². The summed E-state index contributed by atoms with van der Waals surface area (Å²) in [4.78, 5) is 27.2.